The molecule has 208 valence electrons. The highest BCUT2D eigenvalue weighted by Crippen LogP contribution is 2.29. The van der Waals surface area contributed by atoms with E-state index in [1.54, 1.807) is 31.2 Å². The fourth-order valence-electron chi connectivity index (χ4n) is 3.95. The zero-order chi connectivity index (χ0) is 28.7. The largest absolute Gasteiger partial charge is 0.497 e. The maximum absolute atomic E-state index is 13.9. The van der Waals surface area contributed by atoms with E-state index in [1.165, 1.54) is 61.5 Å². The molecular weight excluding hydrogens is 585 g/mol. The van der Waals surface area contributed by atoms with Crippen LogP contribution in [-0.2, 0) is 26.2 Å². The number of methoxy groups -OCH3 is 1. The first kappa shape index (κ1) is 30.6. The minimum atomic E-state index is -4.24. The number of hydrogen-bond acceptors (Lipinski definition) is 5. The zero-order valence-corrected chi connectivity index (χ0v) is 24.6. The average Bonchev–Trinajstić information content (AvgIpc) is 2.92. The molecule has 0 saturated carbocycles. The third kappa shape index (κ3) is 7.36. The second kappa shape index (κ2) is 13.4. The summed E-state index contributed by atoms with van der Waals surface area (Å²) in [5.41, 5.74) is 0.730. The van der Waals surface area contributed by atoms with Gasteiger partial charge in [-0.25, -0.2) is 8.42 Å². The van der Waals surface area contributed by atoms with E-state index in [0.29, 0.717) is 21.4 Å². The van der Waals surface area contributed by atoms with E-state index < -0.39 is 34.4 Å². The van der Waals surface area contributed by atoms with Crippen LogP contribution in [0.4, 0.5) is 5.69 Å². The Bertz CT molecular complexity index is 1430. The number of carbonyl (C=O) groups is 2. The van der Waals surface area contributed by atoms with Crippen LogP contribution in [0, 0.1) is 0 Å². The van der Waals surface area contributed by atoms with Crippen LogP contribution in [0.2, 0.25) is 15.1 Å². The van der Waals surface area contributed by atoms with Gasteiger partial charge >= 0.3 is 0 Å². The first-order valence-electron chi connectivity index (χ1n) is 11.9. The van der Waals surface area contributed by atoms with Gasteiger partial charge in [-0.15, -0.1) is 0 Å². The summed E-state index contributed by atoms with van der Waals surface area (Å²) in [5, 5.41) is 3.58. The summed E-state index contributed by atoms with van der Waals surface area (Å²) in [6.07, 6.45) is 0.277. The van der Waals surface area contributed by atoms with Gasteiger partial charge in [0.1, 0.15) is 18.3 Å². The predicted molar refractivity (Wildman–Crippen MR) is 154 cm³/mol. The van der Waals surface area contributed by atoms with Crippen LogP contribution in [0.3, 0.4) is 0 Å². The molecule has 0 bridgehead atoms. The molecule has 0 aliphatic rings. The van der Waals surface area contributed by atoms with Gasteiger partial charge < -0.3 is 15.0 Å². The molecule has 1 atom stereocenters. The van der Waals surface area contributed by atoms with Crippen molar-refractivity contribution in [1.29, 1.82) is 0 Å². The number of carbonyl (C=O) groups excluding carboxylic acids is 2. The van der Waals surface area contributed by atoms with Gasteiger partial charge in [0.2, 0.25) is 11.8 Å². The maximum atomic E-state index is 13.9. The molecule has 0 fully saturated rings. The van der Waals surface area contributed by atoms with Crippen molar-refractivity contribution in [2.24, 2.45) is 0 Å². The number of halogens is 3. The molecular formula is C27H28Cl3N3O5S. The van der Waals surface area contributed by atoms with Crippen LogP contribution in [0.1, 0.15) is 18.9 Å². The minimum absolute atomic E-state index is 0.0489. The van der Waals surface area contributed by atoms with Crippen LogP contribution < -0.4 is 14.4 Å². The number of amides is 2. The molecule has 2 amide bonds. The summed E-state index contributed by atoms with van der Waals surface area (Å²) in [6, 6.07) is 15.9. The standard InChI is InChI=1S/C27H28Cl3N3O5S/c1-4-25(27(35)31-2)32(16-18-8-9-20(29)15-24(18)30)26(34)17-33(21-7-5-6-19(28)14-21)39(36,37)23-12-10-22(38-3)11-13-23/h5-15,25H,4,16-17H2,1-3H3,(H,31,35)/t25-/m1/s1. The third-order valence-corrected chi connectivity index (χ3v) is 8.62. The molecule has 0 aliphatic heterocycles. The number of nitrogens with zero attached hydrogens (tertiary/aromatic N) is 2. The molecule has 0 aromatic heterocycles. The topological polar surface area (TPSA) is 96.0 Å². The van der Waals surface area contributed by atoms with Gasteiger partial charge in [-0.05, 0) is 66.6 Å². The van der Waals surface area contributed by atoms with Gasteiger partial charge in [-0.1, -0.05) is 53.9 Å². The normalized spacial score (nSPS) is 11.9. The molecule has 0 aliphatic carbocycles. The number of anilines is 1. The van der Waals surface area contributed by atoms with Crippen LogP contribution in [0.15, 0.2) is 71.6 Å². The fourth-order valence-corrected chi connectivity index (χ4v) is 6.01. The molecule has 3 rings (SSSR count). The number of likely N-dealkylation sites (N-methyl/N-ethyl adjacent to an activating group) is 1. The van der Waals surface area contributed by atoms with Gasteiger partial charge in [-0.3, -0.25) is 13.9 Å². The summed E-state index contributed by atoms with van der Waals surface area (Å²) in [6.45, 7) is 1.10. The lowest BCUT2D eigenvalue weighted by molar-refractivity contribution is -0.140. The molecule has 0 unspecified atom stereocenters. The Morgan fingerprint density at radius 2 is 1.64 bits per heavy atom. The monoisotopic (exact) mass is 611 g/mol. The molecule has 0 radical (unpaired) electrons. The van der Waals surface area contributed by atoms with E-state index >= 15 is 0 Å². The van der Waals surface area contributed by atoms with Crippen molar-refractivity contribution in [1.82, 2.24) is 10.2 Å². The molecule has 0 heterocycles. The van der Waals surface area contributed by atoms with Gasteiger partial charge in [0.25, 0.3) is 10.0 Å². The average molecular weight is 613 g/mol. The number of benzene rings is 3. The highest BCUT2D eigenvalue weighted by atomic mass is 35.5. The van der Waals surface area contributed by atoms with Gasteiger partial charge in [0, 0.05) is 28.7 Å². The lowest BCUT2D eigenvalue weighted by atomic mass is 10.1. The second-order valence-corrected chi connectivity index (χ2v) is 11.6. The number of hydrogen-bond donors (Lipinski definition) is 1. The molecule has 0 saturated heterocycles. The fraction of sp³-hybridized carbons (Fsp3) is 0.259. The number of sulfonamides is 1. The Hall–Kier alpha value is -2.98. The summed E-state index contributed by atoms with van der Waals surface area (Å²) >= 11 is 18.6. The molecule has 1 N–H and O–H groups in total. The summed E-state index contributed by atoms with van der Waals surface area (Å²) in [5.74, 6) is -0.543. The van der Waals surface area contributed by atoms with Crippen molar-refractivity contribution in [2.45, 2.75) is 30.8 Å². The zero-order valence-electron chi connectivity index (χ0n) is 21.5. The second-order valence-electron chi connectivity index (χ2n) is 8.46. The summed E-state index contributed by atoms with van der Waals surface area (Å²) in [4.78, 5) is 27.9. The smallest absolute Gasteiger partial charge is 0.264 e. The van der Waals surface area contributed by atoms with Crippen LogP contribution in [0.5, 0.6) is 5.75 Å². The number of nitrogens with one attached hydrogen (secondary N) is 1. The lowest BCUT2D eigenvalue weighted by Gasteiger charge is -2.33. The van der Waals surface area contributed by atoms with Crippen molar-refractivity contribution in [3.8, 4) is 5.75 Å². The van der Waals surface area contributed by atoms with E-state index in [-0.39, 0.29) is 28.6 Å². The first-order valence-corrected chi connectivity index (χ1v) is 14.5. The molecule has 3 aromatic carbocycles. The van der Waals surface area contributed by atoms with E-state index in [0.717, 1.165) is 4.31 Å². The predicted octanol–water partition coefficient (Wildman–Crippen LogP) is 5.40. The Kier molecular flexibility index (Phi) is 10.5. The summed E-state index contributed by atoms with van der Waals surface area (Å²) in [7, 11) is -1.30. The van der Waals surface area contributed by atoms with Crippen LogP contribution in [-0.4, -0.2) is 51.9 Å². The van der Waals surface area contributed by atoms with Crippen molar-refractivity contribution in [3.63, 3.8) is 0 Å². The maximum Gasteiger partial charge on any atom is 0.264 e. The van der Waals surface area contributed by atoms with Gasteiger partial charge in [0.15, 0.2) is 0 Å². The van der Waals surface area contributed by atoms with Gasteiger partial charge in [-0.2, -0.15) is 0 Å². The van der Waals surface area contributed by atoms with Crippen LogP contribution >= 0.6 is 34.8 Å². The van der Waals surface area contributed by atoms with Gasteiger partial charge in [0.05, 0.1) is 17.7 Å². The van der Waals surface area contributed by atoms with Crippen molar-refractivity contribution >= 4 is 62.3 Å². The minimum Gasteiger partial charge on any atom is -0.497 e. The number of ether oxygens (including phenoxy) is 1. The molecule has 8 nitrogen and oxygen atoms in total. The molecule has 12 heteroatoms. The Labute approximate surface area is 243 Å². The van der Waals surface area contributed by atoms with Crippen molar-refractivity contribution in [3.05, 3.63) is 87.4 Å². The summed E-state index contributed by atoms with van der Waals surface area (Å²) < 4.78 is 33.8. The molecule has 3 aromatic rings. The molecule has 39 heavy (non-hydrogen) atoms. The highest BCUT2D eigenvalue weighted by molar-refractivity contribution is 7.92. The van der Waals surface area contributed by atoms with E-state index in [9.17, 15) is 18.0 Å². The third-order valence-electron chi connectivity index (χ3n) is 6.01. The first-order chi connectivity index (χ1) is 18.5. The Morgan fingerprint density at radius 1 is 0.974 bits per heavy atom. The van der Waals surface area contributed by atoms with E-state index in [1.807, 2.05) is 0 Å². The van der Waals surface area contributed by atoms with Crippen molar-refractivity contribution in [2.75, 3.05) is 25.0 Å². The highest BCUT2D eigenvalue weighted by Gasteiger charge is 2.33. The number of rotatable bonds is 11. The quantitative estimate of drug-likeness (QED) is 0.313. The van der Waals surface area contributed by atoms with E-state index in [4.69, 9.17) is 39.5 Å². The lowest BCUT2D eigenvalue weighted by Crippen LogP contribution is -2.51. The molecule has 0 spiro atoms. The van der Waals surface area contributed by atoms with Crippen LogP contribution in [0.25, 0.3) is 0 Å². The SMILES string of the molecule is CC[C@H](C(=O)NC)N(Cc1ccc(Cl)cc1Cl)C(=O)CN(c1cccc(Cl)c1)S(=O)(=O)c1ccc(OC)cc1. The van der Waals surface area contributed by atoms with E-state index in [2.05, 4.69) is 5.32 Å². The van der Waals surface area contributed by atoms with Crippen molar-refractivity contribution < 1.29 is 22.7 Å². The Morgan fingerprint density at radius 3 is 2.21 bits per heavy atom. The Balaban J connectivity index is 2.08.